The van der Waals surface area contributed by atoms with E-state index in [4.69, 9.17) is 11.6 Å². The molecule has 0 radical (unpaired) electrons. The number of rotatable bonds is 5. The molecule has 0 aliphatic rings. The van der Waals surface area contributed by atoms with Gasteiger partial charge < -0.3 is 0 Å². The minimum atomic E-state index is -1.12. The lowest BCUT2D eigenvalue weighted by atomic mass is 9.86. The van der Waals surface area contributed by atoms with Gasteiger partial charge in [0.25, 0.3) is 0 Å². The molecule has 96 valence electrons. The summed E-state index contributed by atoms with van der Waals surface area (Å²) >= 11 is 13.4. The molecule has 1 aromatic carbocycles. The number of hydrogen-bond donors (Lipinski definition) is 0. The van der Waals surface area contributed by atoms with E-state index in [9.17, 15) is 0 Å². The SMILES string of the molecule is C[Si](C)(C)CC(CBr)(CBr)c1ccc(Cl)cc1. The van der Waals surface area contributed by atoms with Crippen LogP contribution in [0.4, 0.5) is 0 Å². The van der Waals surface area contributed by atoms with Crippen LogP contribution in [0, 0.1) is 0 Å². The van der Waals surface area contributed by atoms with E-state index in [1.165, 1.54) is 11.6 Å². The first-order valence-electron chi connectivity index (χ1n) is 5.71. The number of halogens is 3. The van der Waals surface area contributed by atoms with Crippen molar-refractivity contribution in [3.63, 3.8) is 0 Å². The van der Waals surface area contributed by atoms with E-state index in [0.717, 1.165) is 15.7 Å². The Labute approximate surface area is 127 Å². The van der Waals surface area contributed by atoms with Gasteiger partial charge in [0, 0.05) is 29.2 Å². The first-order chi connectivity index (χ1) is 7.83. The Bertz CT molecular complexity index is 353. The summed E-state index contributed by atoms with van der Waals surface area (Å²) in [5.74, 6) is 0. The van der Waals surface area contributed by atoms with Crippen LogP contribution >= 0.6 is 43.5 Å². The van der Waals surface area contributed by atoms with Crippen LogP contribution in [-0.2, 0) is 5.41 Å². The molecule has 0 unspecified atom stereocenters. The molecule has 0 fully saturated rings. The smallest absolute Gasteiger partial charge is 0.0452 e. The van der Waals surface area contributed by atoms with Gasteiger partial charge >= 0.3 is 0 Å². The molecule has 0 aromatic heterocycles. The average molecular weight is 399 g/mol. The second-order valence-corrected chi connectivity index (χ2v) is 12.8. The Morgan fingerprint density at radius 1 is 1.06 bits per heavy atom. The Balaban J connectivity index is 3.10. The molecule has 0 spiro atoms. The molecule has 0 nitrogen and oxygen atoms in total. The van der Waals surface area contributed by atoms with Crippen molar-refractivity contribution in [3.8, 4) is 0 Å². The summed E-state index contributed by atoms with van der Waals surface area (Å²) in [5.41, 5.74) is 1.56. The maximum atomic E-state index is 5.97. The van der Waals surface area contributed by atoms with Crippen LogP contribution in [0.3, 0.4) is 0 Å². The standard InChI is InChI=1S/C13H19Br2ClSi/c1-17(2,3)10-13(8-14,9-15)11-4-6-12(16)7-5-11/h4-7H,8-10H2,1-3H3. The van der Waals surface area contributed by atoms with Crippen molar-refractivity contribution in [2.45, 2.75) is 31.1 Å². The molecule has 1 aromatic rings. The lowest BCUT2D eigenvalue weighted by Crippen LogP contribution is -2.38. The molecule has 4 heteroatoms. The molecule has 0 aliphatic heterocycles. The topological polar surface area (TPSA) is 0 Å². The predicted molar refractivity (Wildman–Crippen MR) is 88.9 cm³/mol. The zero-order chi connectivity index (χ0) is 13.1. The zero-order valence-electron chi connectivity index (χ0n) is 10.6. The highest BCUT2D eigenvalue weighted by Crippen LogP contribution is 2.37. The number of hydrogen-bond acceptors (Lipinski definition) is 0. The highest BCUT2D eigenvalue weighted by atomic mass is 79.9. The van der Waals surface area contributed by atoms with Crippen molar-refractivity contribution in [1.82, 2.24) is 0 Å². The number of benzene rings is 1. The van der Waals surface area contributed by atoms with Gasteiger partial charge in [-0.05, 0) is 23.7 Å². The molecular weight excluding hydrogens is 379 g/mol. The second-order valence-electron chi connectivity index (χ2n) is 5.79. The first-order valence-corrected chi connectivity index (χ1v) is 12.0. The van der Waals surface area contributed by atoms with Gasteiger partial charge in [0.15, 0.2) is 0 Å². The molecule has 0 amide bonds. The van der Waals surface area contributed by atoms with E-state index < -0.39 is 8.07 Å². The third kappa shape index (κ3) is 4.37. The molecular formula is C13H19Br2ClSi. The Morgan fingerprint density at radius 2 is 1.53 bits per heavy atom. The fourth-order valence-electron chi connectivity index (χ4n) is 2.21. The highest BCUT2D eigenvalue weighted by Gasteiger charge is 2.35. The molecule has 0 N–H and O–H groups in total. The maximum Gasteiger partial charge on any atom is 0.0452 e. The number of alkyl halides is 2. The quantitative estimate of drug-likeness (QED) is 0.440. The monoisotopic (exact) mass is 396 g/mol. The van der Waals surface area contributed by atoms with Crippen LogP contribution in [0.1, 0.15) is 5.56 Å². The van der Waals surface area contributed by atoms with Crippen LogP contribution in [0.15, 0.2) is 24.3 Å². The van der Waals surface area contributed by atoms with Crippen molar-refractivity contribution in [3.05, 3.63) is 34.9 Å². The summed E-state index contributed by atoms with van der Waals surface area (Å²) in [4.78, 5) is 0. The Hall–Kier alpha value is 0.687. The van der Waals surface area contributed by atoms with Crippen LogP contribution in [-0.4, -0.2) is 18.7 Å². The average Bonchev–Trinajstić information content (AvgIpc) is 2.26. The first kappa shape index (κ1) is 15.7. The lowest BCUT2D eigenvalue weighted by Gasteiger charge is -2.36. The van der Waals surface area contributed by atoms with Crippen LogP contribution in [0.5, 0.6) is 0 Å². The van der Waals surface area contributed by atoms with Gasteiger partial charge in [-0.15, -0.1) is 0 Å². The third-order valence-electron chi connectivity index (χ3n) is 2.84. The lowest BCUT2D eigenvalue weighted by molar-refractivity contribution is 0.612. The Morgan fingerprint density at radius 3 is 1.88 bits per heavy atom. The minimum absolute atomic E-state index is 0.190. The van der Waals surface area contributed by atoms with Crippen molar-refractivity contribution >= 4 is 51.5 Å². The van der Waals surface area contributed by atoms with Crippen LogP contribution < -0.4 is 0 Å². The normalized spacial score (nSPS) is 12.8. The molecule has 1 rings (SSSR count). The van der Waals surface area contributed by atoms with Gasteiger partial charge in [-0.3, -0.25) is 0 Å². The van der Waals surface area contributed by atoms with Crippen molar-refractivity contribution < 1.29 is 0 Å². The van der Waals surface area contributed by atoms with Crippen LogP contribution in [0.2, 0.25) is 30.7 Å². The zero-order valence-corrected chi connectivity index (χ0v) is 15.5. The van der Waals surface area contributed by atoms with Crippen molar-refractivity contribution in [2.75, 3.05) is 10.7 Å². The summed E-state index contributed by atoms with van der Waals surface area (Å²) in [6, 6.07) is 9.55. The molecule has 0 atom stereocenters. The van der Waals surface area contributed by atoms with Gasteiger partial charge in [0.05, 0.1) is 0 Å². The van der Waals surface area contributed by atoms with Crippen molar-refractivity contribution in [1.29, 1.82) is 0 Å². The fraction of sp³-hybridized carbons (Fsp3) is 0.538. The summed E-state index contributed by atoms with van der Waals surface area (Å²) in [5, 5.41) is 2.77. The van der Waals surface area contributed by atoms with E-state index >= 15 is 0 Å². The van der Waals surface area contributed by atoms with Gasteiger partial charge in [0.1, 0.15) is 0 Å². The summed E-state index contributed by atoms with van der Waals surface area (Å²) in [6.45, 7) is 7.26. The summed E-state index contributed by atoms with van der Waals surface area (Å²) in [7, 11) is -1.12. The van der Waals surface area contributed by atoms with E-state index in [0.29, 0.717) is 0 Å². The molecule has 0 aliphatic carbocycles. The molecule has 0 heterocycles. The molecule has 0 bridgehead atoms. The largest absolute Gasteiger partial charge is 0.0918 e. The van der Waals surface area contributed by atoms with Crippen molar-refractivity contribution in [2.24, 2.45) is 0 Å². The molecule has 0 saturated carbocycles. The fourth-order valence-corrected chi connectivity index (χ4v) is 7.52. The van der Waals surface area contributed by atoms with Gasteiger partial charge in [0.2, 0.25) is 0 Å². The van der Waals surface area contributed by atoms with E-state index in [2.05, 4.69) is 63.6 Å². The van der Waals surface area contributed by atoms with E-state index in [1.54, 1.807) is 0 Å². The maximum absolute atomic E-state index is 5.97. The van der Waals surface area contributed by atoms with Gasteiger partial charge in [-0.2, -0.15) is 0 Å². The predicted octanol–water partition coefficient (Wildman–Crippen LogP) is 5.71. The van der Waals surface area contributed by atoms with E-state index in [1.807, 2.05) is 12.1 Å². The van der Waals surface area contributed by atoms with Gasteiger partial charge in [-0.25, -0.2) is 0 Å². The minimum Gasteiger partial charge on any atom is -0.0918 e. The molecule has 17 heavy (non-hydrogen) atoms. The van der Waals surface area contributed by atoms with E-state index in [-0.39, 0.29) is 5.41 Å². The summed E-state index contributed by atoms with van der Waals surface area (Å²) in [6.07, 6.45) is 0. The second kappa shape index (κ2) is 6.22. The van der Waals surface area contributed by atoms with Gasteiger partial charge in [-0.1, -0.05) is 75.2 Å². The summed E-state index contributed by atoms with van der Waals surface area (Å²) < 4.78 is 0. The Kier molecular flexibility index (Phi) is 5.76. The van der Waals surface area contributed by atoms with Crippen LogP contribution in [0.25, 0.3) is 0 Å². The third-order valence-corrected chi connectivity index (χ3v) is 6.97. The highest BCUT2D eigenvalue weighted by molar-refractivity contribution is 9.09. The molecule has 0 saturated heterocycles.